The smallest absolute Gasteiger partial charge is 0.117 e. The van der Waals surface area contributed by atoms with Crippen molar-refractivity contribution in [1.82, 2.24) is 4.57 Å². The van der Waals surface area contributed by atoms with Gasteiger partial charge in [0.1, 0.15) is 5.75 Å². The quantitative estimate of drug-likeness (QED) is 0.713. The average Bonchev–Trinajstić information content (AvgIpc) is 2.95. The second-order valence-corrected chi connectivity index (χ2v) is 4.42. The summed E-state index contributed by atoms with van der Waals surface area (Å²) in [5, 5.41) is 9.42. The molecule has 0 atom stereocenters. The summed E-state index contributed by atoms with van der Waals surface area (Å²) in [5.74, 6) is 0.220. The van der Waals surface area contributed by atoms with Crippen LogP contribution in [0.1, 0.15) is 5.69 Å². The molecule has 3 rings (SSSR count). The number of phenolic OH excluding ortho intramolecular Hbond substituents is 1. The van der Waals surface area contributed by atoms with Gasteiger partial charge in [0.15, 0.2) is 0 Å². The van der Waals surface area contributed by atoms with Crippen LogP contribution in [0.5, 0.6) is 5.75 Å². The molecule has 0 spiro atoms. The summed E-state index contributed by atoms with van der Waals surface area (Å²) in [4.78, 5) is 4.39. The van der Waals surface area contributed by atoms with Crippen LogP contribution in [0.25, 0.3) is 5.69 Å². The number of aromatic hydroxyl groups is 1. The number of hydrogen-bond acceptors (Lipinski definition) is 2. The number of aromatic nitrogens is 1. The van der Waals surface area contributed by atoms with Crippen LogP contribution in [0, 0.1) is 0 Å². The van der Waals surface area contributed by atoms with Gasteiger partial charge in [-0.3, -0.25) is 4.99 Å². The van der Waals surface area contributed by atoms with Crippen molar-refractivity contribution >= 4 is 11.9 Å². The van der Waals surface area contributed by atoms with Gasteiger partial charge < -0.3 is 9.67 Å². The normalized spacial score (nSPS) is 11.0. The molecule has 0 bridgehead atoms. The van der Waals surface area contributed by atoms with Crippen LogP contribution in [0.3, 0.4) is 0 Å². The van der Waals surface area contributed by atoms with E-state index in [1.165, 1.54) is 0 Å². The van der Waals surface area contributed by atoms with E-state index in [0.29, 0.717) is 0 Å². The minimum absolute atomic E-state index is 0.220. The maximum Gasteiger partial charge on any atom is 0.117 e. The molecule has 0 aliphatic heterocycles. The van der Waals surface area contributed by atoms with Crippen LogP contribution in [0.15, 0.2) is 77.9 Å². The molecule has 3 nitrogen and oxygen atoms in total. The maximum atomic E-state index is 9.42. The van der Waals surface area contributed by atoms with E-state index in [9.17, 15) is 5.11 Å². The molecular formula is C17H14N2O. The monoisotopic (exact) mass is 262 g/mol. The lowest BCUT2D eigenvalue weighted by atomic mass is 10.3. The van der Waals surface area contributed by atoms with Gasteiger partial charge >= 0.3 is 0 Å². The molecule has 0 saturated carbocycles. The van der Waals surface area contributed by atoms with Crippen LogP contribution in [-0.4, -0.2) is 15.9 Å². The van der Waals surface area contributed by atoms with Crippen molar-refractivity contribution in [1.29, 1.82) is 0 Å². The lowest BCUT2D eigenvalue weighted by Crippen LogP contribution is -1.97. The summed E-state index contributed by atoms with van der Waals surface area (Å²) >= 11 is 0. The fourth-order valence-electron chi connectivity index (χ4n) is 2.04. The van der Waals surface area contributed by atoms with Crippen molar-refractivity contribution in [3.8, 4) is 11.4 Å². The molecule has 0 radical (unpaired) electrons. The Bertz CT molecular complexity index is 730. The van der Waals surface area contributed by atoms with E-state index in [-0.39, 0.29) is 5.75 Å². The minimum atomic E-state index is 0.220. The van der Waals surface area contributed by atoms with Crippen LogP contribution in [0.4, 0.5) is 5.69 Å². The number of nitrogens with zero attached hydrogens (tertiary/aromatic N) is 2. The zero-order chi connectivity index (χ0) is 13.8. The summed E-state index contributed by atoms with van der Waals surface area (Å²) in [6, 6.07) is 21.0. The third-order valence-corrected chi connectivity index (χ3v) is 2.99. The third kappa shape index (κ3) is 2.62. The van der Waals surface area contributed by atoms with E-state index >= 15 is 0 Å². The zero-order valence-electron chi connectivity index (χ0n) is 10.8. The van der Waals surface area contributed by atoms with Crippen molar-refractivity contribution in [2.45, 2.75) is 0 Å². The Morgan fingerprint density at radius 1 is 0.900 bits per heavy atom. The minimum Gasteiger partial charge on any atom is -0.508 e. The number of phenols is 1. The molecule has 1 N–H and O–H groups in total. The van der Waals surface area contributed by atoms with E-state index in [1.807, 2.05) is 54.7 Å². The standard InChI is InChI=1S/C17H14N2O/c20-17-10-4-6-14(12-17)18-13-16-9-5-11-19(16)15-7-2-1-3-8-15/h1-13,20H. The maximum absolute atomic E-state index is 9.42. The van der Waals surface area contributed by atoms with Gasteiger partial charge in [0.05, 0.1) is 17.6 Å². The van der Waals surface area contributed by atoms with Crippen LogP contribution >= 0.6 is 0 Å². The van der Waals surface area contributed by atoms with Gasteiger partial charge in [-0.2, -0.15) is 0 Å². The molecular weight excluding hydrogens is 248 g/mol. The molecule has 1 aromatic heterocycles. The van der Waals surface area contributed by atoms with Crippen LogP contribution < -0.4 is 0 Å². The molecule has 98 valence electrons. The van der Waals surface area contributed by atoms with Crippen LogP contribution in [-0.2, 0) is 0 Å². The molecule has 0 aliphatic carbocycles. The van der Waals surface area contributed by atoms with Gasteiger partial charge in [0, 0.05) is 18.0 Å². The summed E-state index contributed by atoms with van der Waals surface area (Å²) in [6.45, 7) is 0. The second kappa shape index (κ2) is 5.45. The summed E-state index contributed by atoms with van der Waals surface area (Å²) in [6.07, 6.45) is 3.79. The molecule has 20 heavy (non-hydrogen) atoms. The Kier molecular flexibility index (Phi) is 3.33. The first kappa shape index (κ1) is 12.2. The molecule has 0 unspecified atom stereocenters. The summed E-state index contributed by atoms with van der Waals surface area (Å²) in [7, 11) is 0. The fourth-order valence-corrected chi connectivity index (χ4v) is 2.04. The predicted molar refractivity (Wildman–Crippen MR) is 81.1 cm³/mol. The number of aliphatic imine (C=N–C) groups is 1. The molecule has 3 heteroatoms. The lowest BCUT2D eigenvalue weighted by molar-refractivity contribution is 0.475. The van der Waals surface area contributed by atoms with Gasteiger partial charge in [-0.15, -0.1) is 0 Å². The zero-order valence-corrected chi connectivity index (χ0v) is 10.8. The van der Waals surface area contributed by atoms with Crippen LogP contribution in [0.2, 0.25) is 0 Å². The third-order valence-electron chi connectivity index (χ3n) is 2.99. The van der Waals surface area contributed by atoms with Crippen molar-refractivity contribution in [2.24, 2.45) is 4.99 Å². The van der Waals surface area contributed by atoms with Gasteiger partial charge in [-0.25, -0.2) is 0 Å². The first-order valence-electron chi connectivity index (χ1n) is 6.39. The average molecular weight is 262 g/mol. The Morgan fingerprint density at radius 2 is 1.75 bits per heavy atom. The van der Waals surface area contributed by atoms with Gasteiger partial charge in [0.2, 0.25) is 0 Å². The second-order valence-electron chi connectivity index (χ2n) is 4.42. The first-order valence-corrected chi connectivity index (χ1v) is 6.39. The highest BCUT2D eigenvalue weighted by Crippen LogP contribution is 2.18. The molecule has 3 aromatic rings. The molecule has 1 heterocycles. The van der Waals surface area contributed by atoms with E-state index < -0.39 is 0 Å². The molecule has 0 amide bonds. The Hall–Kier alpha value is -2.81. The SMILES string of the molecule is Oc1cccc(N=Cc2cccn2-c2ccccc2)c1. The van der Waals surface area contributed by atoms with E-state index in [1.54, 1.807) is 24.4 Å². The fraction of sp³-hybridized carbons (Fsp3) is 0. The first-order chi connectivity index (χ1) is 9.83. The van der Waals surface area contributed by atoms with Crippen molar-refractivity contribution in [3.05, 3.63) is 78.6 Å². The van der Waals surface area contributed by atoms with Crippen molar-refractivity contribution < 1.29 is 5.11 Å². The van der Waals surface area contributed by atoms with Gasteiger partial charge in [-0.1, -0.05) is 24.3 Å². The molecule has 2 aromatic carbocycles. The van der Waals surface area contributed by atoms with E-state index in [2.05, 4.69) is 9.56 Å². The molecule has 0 aliphatic rings. The Morgan fingerprint density at radius 3 is 2.55 bits per heavy atom. The summed E-state index contributed by atoms with van der Waals surface area (Å²) in [5.41, 5.74) is 2.81. The topological polar surface area (TPSA) is 37.5 Å². The Balaban J connectivity index is 1.91. The van der Waals surface area contributed by atoms with Gasteiger partial charge in [0.25, 0.3) is 0 Å². The summed E-state index contributed by atoms with van der Waals surface area (Å²) < 4.78 is 2.06. The predicted octanol–water partition coefficient (Wildman–Crippen LogP) is 3.93. The highest BCUT2D eigenvalue weighted by Gasteiger charge is 2.00. The van der Waals surface area contributed by atoms with E-state index in [0.717, 1.165) is 17.1 Å². The number of para-hydroxylation sites is 1. The Labute approximate surface area is 117 Å². The molecule has 0 saturated heterocycles. The largest absolute Gasteiger partial charge is 0.508 e. The number of rotatable bonds is 3. The van der Waals surface area contributed by atoms with E-state index in [4.69, 9.17) is 0 Å². The number of benzene rings is 2. The highest BCUT2D eigenvalue weighted by atomic mass is 16.3. The van der Waals surface area contributed by atoms with Gasteiger partial charge in [-0.05, 0) is 36.4 Å². The lowest BCUT2D eigenvalue weighted by Gasteiger charge is -2.05. The highest BCUT2D eigenvalue weighted by molar-refractivity contribution is 5.81. The van der Waals surface area contributed by atoms with Crippen molar-refractivity contribution in [2.75, 3.05) is 0 Å². The number of hydrogen-bond donors (Lipinski definition) is 1. The molecule has 0 fully saturated rings. The van der Waals surface area contributed by atoms with Crippen molar-refractivity contribution in [3.63, 3.8) is 0 Å².